The smallest absolute Gasteiger partial charge is 0.123 e. The molecular weight excluding hydrogens is 193 g/mol. The number of rotatable bonds is 5. The first kappa shape index (κ1) is 12.1. The number of halogens is 1. The first-order valence-electron chi connectivity index (χ1n) is 5.24. The second-order valence-electron chi connectivity index (χ2n) is 4.12. The van der Waals surface area contributed by atoms with Gasteiger partial charge >= 0.3 is 0 Å². The molecule has 1 atom stereocenters. The first-order valence-corrected chi connectivity index (χ1v) is 5.24. The van der Waals surface area contributed by atoms with Gasteiger partial charge in [0.25, 0.3) is 0 Å². The third-order valence-corrected chi connectivity index (χ3v) is 2.15. The largest absolute Gasteiger partial charge is 0.387 e. The summed E-state index contributed by atoms with van der Waals surface area (Å²) in [6.07, 6.45) is -0.565. The quantitative estimate of drug-likeness (QED) is 0.781. The molecule has 0 fully saturated rings. The summed E-state index contributed by atoms with van der Waals surface area (Å²) in [6.45, 7) is 5.59. The zero-order valence-corrected chi connectivity index (χ0v) is 9.20. The number of hydrogen-bond donors (Lipinski definition) is 2. The molecule has 0 bridgehead atoms. The van der Waals surface area contributed by atoms with Gasteiger partial charge in [0.05, 0.1) is 6.10 Å². The minimum absolute atomic E-state index is 0.277. The lowest BCUT2D eigenvalue weighted by molar-refractivity contribution is 0.173. The highest BCUT2D eigenvalue weighted by Crippen LogP contribution is 2.12. The standard InChI is InChI=1S/C12H18FNO/c1-9(2)7-14-8-12(15)10-3-5-11(13)6-4-10/h3-6,9,12,14-15H,7-8H2,1-2H3. The summed E-state index contributed by atoms with van der Waals surface area (Å²) in [5.41, 5.74) is 0.743. The van der Waals surface area contributed by atoms with Crippen molar-refractivity contribution in [1.29, 1.82) is 0 Å². The Morgan fingerprint density at radius 1 is 1.20 bits per heavy atom. The molecule has 0 radical (unpaired) electrons. The summed E-state index contributed by atoms with van der Waals surface area (Å²) in [5, 5.41) is 12.9. The SMILES string of the molecule is CC(C)CNCC(O)c1ccc(F)cc1. The molecule has 0 amide bonds. The maximum Gasteiger partial charge on any atom is 0.123 e. The molecule has 0 heterocycles. The van der Waals surface area contributed by atoms with E-state index in [4.69, 9.17) is 0 Å². The molecule has 1 aromatic rings. The monoisotopic (exact) mass is 211 g/mol. The second-order valence-corrected chi connectivity index (χ2v) is 4.12. The van der Waals surface area contributed by atoms with Crippen LogP contribution in [0.15, 0.2) is 24.3 Å². The molecule has 0 saturated carbocycles. The van der Waals surface area contributed by atoms with E-state index >= 15 is 0 Å². The molecule has 0 saturated heterocycles. The second kappa shape index (κ2) is 5.83. The van der Waals surface area contributed by atoms with E-state index in [0.717, 1.165) is 12.1 Å². The van der Waals surface area contributed by atoms with Crippen molar-refractivity contribution in [3.63, 3.8) is 0 Å². The minimum Gasteiger partial charge on any atom is -0.387 e. The lowest BCUT2D eigenvalue weighted by Gasteiger charge is -2.13. The third kappa shape index (κ3) is 4.40. The zero-order chi connectivity index (χ0) is 11.3. The predicted molar refractivity (Wildman–Crippen MR) is 59.1 cm³/mol. The van der Waals surface area contributed by atoms with Gasteiger partial charge in [-0.25, -0.2) is 4.39 Å². The summed E-state index contributed by atoms with van der Waals surface area (Å²) in [6, 6.07) is 5.94. The Labute approximate surface area is 90.1 Å². The summed E-state index contributed by atoms with van der Waals surface area (Å²) >= 11 is 0. The molecular formula is C12H18FNO. The molecule has 1 aromatic carbocycles. The molecule has 2 nitrogen and oxygen atoms in total. The average molecular weight is 211 g/mol. The highest BCUT2D eigenvalue weighted by Gasteiger charge is 2.06. The Hall–Kier alpha value is -0.930. The van der Waals surface area contributed by atoms with Crippen LogP contribution in [-0.4, -0.2) is 18.2 Å². The van der Waals surface area contributed by atoms with Gasteiger partial charge in [0.1, 0.15) is 5.82 Å². The van der Waals surface area contributed by atoms with E-state index in [1.165, 1.54) is 12.1 Å². The van der Waals surface area contributed by atoms with E-state index in [-0.39, 0.29) is 5.82 Å². The highest BCUT2D eigenvalue weighted by molar-refractivity contribution is 5.18. The van der Waals surface area contributed by atoms with E-state index < -0.39 is 6.10 Å². The van der Waals surface area contributed by atoms with Crippen molar-refractivity contribution in [2.75, 3.05) is 13.1 Å². The summed E-state index contributed by atoms with van der Waals surface area (Å²) in [5.74, 6) is 0.284. The van der Waals surface area contributed by atoms with Crippen LogP contribution >= 0.6 is 0 Å². The zero-order valence-electron chi connectivity index (χ0n) is 9.20. The normalized spacial score (nSPS) is 13.1. The van der Waals surface area contributed by atoms with Crippen LogP contribution in [0.3, 0.4) is 0 Å². The summed E-state index contributed by atoms with van der Waals surface area (Å²) < 4.78 is 12.6. The fourth-order valence-corrected chi connectivity index (χ4v) is 1.31. The van der Waals surface area contributed by atoms with Crippen molar-refractivity contribution in [2.24, 2.45) is 5.92 Å². The van der Waals surface area contributed by atoms with Crippen LogP contribution in [-0.2, 0) is 0 Å². The molecule has 1 unspecified atom stereocenters. The first-order chi connectivity index (χ1) is 7.09. The van der Waals surface area contributed by atoms with Crippen LogP contribution in [0.2, 0.25) is 0 Å². The molecule has 15 heavy (non-hydrogen) atoms. The number of aliphatic hydroxyl groups is 1. The maximum absolute atomic E-state index is 12.6. The summed E-state index contributed by atoms with van der Waals surface area (Å²) in [7, 11) is 0. The van der Waals surface area contributed by atoms with Crippen molar-refractivity contribution >= 4 is 0 Å². The minimum atomic E-state index is -0.565. The molecule has 0 aliphatic carbocycles. The van der Waals surface area contributed by atoms with Gasteiger partial charge in [-0.05, 0) is 30.2 Å². The van der Waals surface area contributed by atoms with E-state index in [9.17, 15) is 9.50 Å². The van der Waals surface area contributed by atoms with Gasteiger partial charge in [0, 0.05) is 6.54 Å². The number of aliphatic hydroxyl groups excluding tert-OH is 1. The Kier molecular flexibility index (Phi) is 4.72. The Morgan fingerprint density at radius 3 is 2.33 bits per heavy atom. The molecule has 0 aliphatic rings. The van der Waals surface area contributed by atoms with Crippen molar-refractivity contribution in [1.82, 2.24) is 5.32 Å². The maximum atomic E-state index is 12.6. The van der Waals surface area contributed by atoms with Gasteiger partial charge in [0.15, 0.2) is 0 Å². The number of benzene rings is 1. The van der Waals surface area contributed by atoms with Crippen molar-refractivity contribution in [3.8, 4) is 0 Å². The number of hydrogen-bond acceptors (Lipinski definition) is 2. The van der Waals surface area contributed by atoms with Crippen LogP contribution in [0.5, 0.6) is 0 Å². The van der Waals surface area contributed by atoms with E-state index in [0.29, 0.717) is 12.5 Å². The van der Waals surface area contributed by atoms with Gasteiger partial charge in [-0.3, -0.25) is 0 Å². The molecule has 3 heteroatoms. The van der Waals surface area contributed by atoms with Gasteiger partial charge in [0.2, 0.25) is 0 Å². The van der Waals surface area contributed by atoms with Crippen LogP contribution in [0.1, 0.15) is 25.5 Å². The predicted octanol–water partition coefficient (Wildman–Crippen LogP) is 2.10. The molecule has 2 N–H and O–H groups in total. The fraction of sp³-hybridized carbons (Fsp3) is 0.500. The van der Waals surface area contributed by atoms with E-state index in [1.807, 2.05) is 0 Å². The van der Waals surface area contributed by atoms with Crippen molar-refractivity contribution < 1.29 is 9.50 Å². The topological polar surface area (TPSA) is 32.3 Å². The van der Waals surface area contributed by atoms with Crippen LogP contribution in [0, 0.1) is 11.7 Å². The Morgan fingerprint density at radius 2 is 1.80 bits per heavy atom. The lowest BCUT2D eigenvalue weighted by Crippen LogP contribution is -2.25. The third-order valence-electron chi connectivity index (χ3n) is 2.15. The van der Waals surface area contributed by atoms with Gasteiger partial charge in [-0.1, -0.05) is 26.0 Å². The van der Waals surface area contributed by atoms with E-state index in [1.54, 1.807) is 12.1 Å². The van der Waals surface area contributed by atoms with Crippen LogP contribution in [0.25, 0.3) is 0 Å². The van der Waals surface area contributed by atoms with Gasteiger partial charge in [-0.15, -0.1) is 0 Å². The average Bonchev–Trinajstić information content (AvgIpc) is 2.18. The Balaban J connectivity index is 2.40. The highest BCUT2D eigenvalue weighted by atomic mass is 19.1. The van der Waals surface area contributed by atoms with Crippen molar-refractivity contribution in [2.45, 2.75) is 20.0 Å². The van der Waals surface area contributed by atoms with Crippen LogP contribution in [0.4, 0.5) is 4.39 Å². The molecule has 0 aliphatic heterocycles. The molecule has 0 spiro atoms. The van der Waals surface area contributed by atoms with Crippen LogP contribution < -0.4 is 5.32 Å². The van der Waals surface area contributed by atoms with Gasteiger partial charge in [-0.2, -0.15) is 0 Å². The van der Waals surface area contributed by atoms with Crippen molar-refractivity contribution in [3.05, 3.63) is 35.6 Å². The van der Waals surface area contributed by atoms with Gasteiger partial charge < -0.3 is 10.4 Å². The Bertz CT molecular complexity index is 284. The molecule has 84 valence electrons. The number of nitrogens with one attached hydrogen (secondary N) is 1. The van der Waals surface area contributed by atoms with E-state index in [2.05, 4.69) is 19.2 Å². The fourth-order valence-electron chi connectivity index (χ4n) is 1.31. The molecule has 0 aromatic heterocycles. The molecule has 1 rings (SSSR count). The lowest BCUT2D eigenvalue weighted by atomic mass is 10.1. The summed E-state index contributed by atoms with van der Waals surface area (Å²) in [4.78, 5) is 0.